The number of carbonyl (C=O) groups excluding carboxylic acids is 1. The number of phenolic OH excluding ortho intramolecular Hbond substituents is 1. The topological polar surface area (TPSA) is 70.0 Å². The zero-order valence-corrected chi connectivity index (χ0v) is 13.5. The van der Waals surface area contributed by atoms with Crippen molar-refractivity contribution in [3.8, 4) is 11.5 Å². The minimum Gasteiger partial charge on any atom is -0.504 e. The van der Waals surface area contributed by atoms with Gasteiger partial charge in [0.25, 0.3) is 0 Å². The predicted molar refractivity (Wildman–Crippen MR) is 87.3 cm³/mol. The maximum Gasteiger partial charge on any atom is 0.174 e. The second-order valence-electron chi connectivity index (χ2n) is 7.56. The van der Waals surface area contributed by atoms with Gasteiger partial charge in [0.1, 0.15) is 0 Å². The number of aliphatic hydroxyl groups is 1. The molecule has 1 spiro atoms. The second-order valence-corrected chi connectivity index (χ2v) is 7.56. The third kappa shape index (κ3) is 1.38. The van der Waals surface area contributed by atoms with Crippen molar-refractivity contribution in [3.63, 3.8) is 0 Å². The summed E-state index contributed by atoms with van der Waals surface area (Å²) < 4.78 is 5.98. The van der Waals surface area contributed by atoms with Gasteiger partial charge in [-0.1, -0.05) is 12.1 Å². The molecular weight excluding hydrogens is 306 g/mol. The first-order valence-corrected chi connectivity index (χ1v) is 8.65. The van der Waals surface area contributed by atoms with Crippen LogP contribution in [0, 0.1) is 0 Å². The molecule has 5 nitrogen and oxygen atoms in total. The summed E-state index contributed by atoms with van der Waals surface area (Å²) in [6.45, 7) is 5.36. The van der Waals surface area contributed by atoms with Crippen molar-refractivity contribution in [2.45, 2.75) is 48.8 Å². The maximum atomic E-state index is 12.6. The van der Waals surface area contributed by atoms with Crippen LogP contribution in [0.2, 0.25) is 0 Å². The van der Waals surface area contributed by atoms with Gasteiger partial charge in [-0.05, 0) is 30.9 Å². The van der Waals surface area contributed by atoms with E-state index in [-0.39, 0.29) is 17.6 Å². The molecule has 1 saturated heterocycles. The van der Waals surface area contributed by atoms with E-state index in [2.05, 4.69) is 11.5 Å². The molecule has 4 atom stereocenters. The van der Waals surface area contributed by atoms with Crippen LogP contribution in [0.25, 0.3) is 0 Å². The molecule has 1 aromatic rings. The molecule has 0 radical (unpaired) electrons. The molecule has 1 saturated carbocycles. The fourth-order valence-corrected chi connectivity index (χ4v) is 5.80. The largest absolute Gasteiger partial charge is 0.504 e. The summed E-state index contributed by atoms with van der Waals surface area (Å²) in [6, 6.07) is 3.52. The lowest BCUT2D eigenvalue weighted by Gasteiger charge is -2.62. The van der Waals surface area contributed by atoms with E-state index in [1.165, 1.54) is 0 Å². The fraction of sp³-hybridized carbons (Fsp3) is 0.526. The van der Waals surface area contributed by atoms with Gasteiger partial charge in [-0.15, -0.1) is 6.58 Å². The van der Waals surface area contributed by atoms with Gasteiger partial charge in [0.15, 0.2) is 23.4 Å². The highest BCUT2D eigenvalue weighted by atomic mass is 16.5. The number of carbonyl (C=O) groups is 1. The Morgan fingerprint density at radius 2 is 2.25 bits per heavy atom. The highest BCUT2D eigenvalue weighted by Gasteiger charge is 2.72. The number of rotatable bonds is 2. The molecule has 126 valence electrons. The average molecular weight is 327 g/mol. The predicted octanol–water partition coefficient (Wildman–Crippen LogP) is 1.30. The molecule has 0 amide bonds. The van der Waals surface area contributed by atoms with Crippen LogP contribution in [0.1, 0.15) is 30.4 Å². The van der Waals surface area contributed by atoms with Crippen molar-refractivity contribution >= 4 is 5.78 Å². The number of ketones is 1. The van der Waals surface area contributed by atoms with Crippen LogP contribution in [0.3, 0.4) is 0 Å². The SMILES string of the molecule is C=CCN1CC[C@@]23c4c5ccc(O)c4O[C@@H]2C(=O)CC[C@@]3(O)[C@H]1C5. The van der Waals surface area contributed by atoms with Crippen LogP contribution in [-0.2, 0) is 16.6 Å². The molecule has 2 aliphatic carbocycles. The highest BCUT2D eigenvalue weighted by Crippen LogP contribution is 2.64. The number of nitrogens with zero attached hydrogens (tertiary/aromatic N) is 1. The van der Waals surface area contributed by atoms with Gasteiger partial charge in [0.05, 0.1) is 11.0 Å². The lowest BCUT2D eigenvalue weighted by molar-refractivity contribution is -0.187. The lowest BCUT2D eigenvalue weighted by Crippen LogP contribution is -2.76. The monoisotopic (exact) mass is 327 g/mol. The maximum absolute atomic E-state index is 12.6. The molecule has 2 N–H and O–H groups in total. The number of hydrogen-bond acceptors (Lipinski definition) is 5. The fourth-order valence-electron chi connectivity index (χ4n) is 5.80. The number of piperidine rings is 1. The van der Waals surface area contributed by atoms with Crippen LogP contribution in [0.4, 0.5) is 0 Å². The Kier molecular flexibility index (Phi) is 2.66. The Morgan fingerprint density at radius 3 is 3.04 bits per heavy atom. The van der Waals surface area contributed by atoms with Crippen molar-refractivity contribution in [2.24, 2.45) is 0 Å². The molecule has 1 aromatic carbocycles. The minimum absolute atomic E-state index is 0.0408. The summed E-state index contributed by atoms with van der Waals surface area (Å²) in [5.74, 6) is 0.528. The smallest absolute Gasteiger partial charge is 0.174 e. The third-order valence-corrected chi connectivity index (χ3v) is 6.73. The molecule has 5 rings (SSSR count). The summed E-state index contributed by atoms with van der Waals surface area (Å²) in [7, 11) is 0. The first-order chi connectivity index (χ1) is 11.5. The first kappa shape index (κ1) is 14.5. The molecule has 0 aromatic heterocycles. The van der Waals surface area contributed by atoms with Gasteiger partial charge in [-0.2, -0.15) is 0 Å². The number of benzene rings is 1. The van der Waals surface area contributed by atoms with Crippen LogP contribution in [0.15, 0.2) is 24.8 Å². The number of likely N-dealkylation sites (tertiary alicyclic amines) is 1. The lowest BCUT2D eigenvalue weighted by atomic mass is 9.49. The van der Waals surface area contributed by atoms with E-state index in [0.29, 0.717) is 31.4 Å². The normalized spacial score (nSPS) is 39.3. The number of phenols is 1. The Balaban J connectivity index is 1.80. The van der Waals surface area contributed by atoms with E-state index in [0.717, 1.165) is 24.2 Å². The number of ether oxygens (including phenoxy) is 1. The van der Waals surface area contributed by atoms with Gasteiger partial charge in [0, 0.05) is 31.1 Å². The highest BCUT2D eigenvalue weighted by molar-refractivity contribution is 5.90. The van der Waals surface area contributed by atoms with E-state index in [1.807, 2.05) is 12.1 Å². The molecule has 2 aliphatic heterocycles. The van der Waals surface area contributed by atoms with Crippen molar-refractivity contribution in [1.82, 2.24) is 4.90 Å². The summed E-state index contributed by atoms with van der Waals surface area (Å²) >= 11 is 0. The van der Waals surface area contributed by atoms with Crippen molar-refractivity contribution in [1.29, 1.82) is 0 Å². The van der Waals surface area contributed by atoms with Crippen LogP contribution in [-0.4, -0.2) is 51.7 Å². The summed E-state index contributed by atoms with van der Waals surface area (Å²) in [4.78, 5) is 14.9. The van der Waals surface area contributed by atoms with Crippen molar-refractivity contribution in [2.75, 3.05) is 13.1 Å². The summed E-state index contributed by atoms with van der Waals surface area (Å²) in [5.41, 5.74) is 0.256. The number of hydrogen-bond donors (Lipinski definition) is 2. The third-order valence-electron chi connectivity index (χ3n) is 6.73. The molecule has 2 heterocycles. The standard InChI is InChI=1S/C19H21NO4/c1-2-8-20-9-7-18-15-11-3-4-12(21)16(15)24-17(18)13(22)5-6-19(18,23)14(20)10-11/h2-4,14,17,21,23H,1,5-10H2/t14-,17-,18-,19-/m1/s1. The molecule has 5 heteroatoms. The zero-order valence-electron chi connectivity index (χ0n) is 13.5. The molecule has 4 aliphatic rings. The van der Waals surface area contributed by atoms with Crippen molar-refractivity contribution < 1.29 is 19.7 Å². The first-order valence-electron chi connectivity index (χ1n) is 8.65. The zero-order chi connectivity index (χ0) is 16.7. The quantitative estimate of drug-likeness (QED) is 0.802. The van der Waals surface area contributed by atoms with Gasteiger partial charge in [-0.25, -0.2) is 0 Å². The van der Waals surface area contributed by atoms with Gasteiger partial charge in [-0.3, -0.25) is 9.69 Å². The molecule has 24 heavy (non-hydrogen) atoms. The summed E-state index contributed by atoms with van der Waals surface area (Å²) in [6.07, 6.45) is 3.35. The van der Waals surface area contributed by atoms with Crippen LogP contribution < -0.4 is 4.74 Å². The molecule has 0 unspecified atom stereocenters. The van der Waals surface area contributed by atoms with E-state index in [4.69, 9.17) is 4.74 Å². The molecule has 2 fully saturated rings. The number of aromatic hydroxyl groups is 1. The Labute approximate surface area is 140 Å². The van der Waals surface area contributed by atoms with Crippen molar-refractivity contribution in [3.05, 3.63) is 35.9 Å². The van der Waals surface area contributed by atoms with Crippen LogP contribution >= 0.6 is 0 Å². The second kappa shape index (κ2) is 4.41. The van der Waals surface area contributed by atoms with E-state index < -0.39 is 17.1 Å². The van der Waals surface area contributed by atoms with Gasteiger partial charge in [0.2, 0.25) is 0 Å². The summed E-state index contributed by atoms with van der Waals surface area (Å²) in [5, 5.41) is 22.1. The van der Waals surface area contributed by atoms with Gasteiger partial charge >= 0.3 is 0 Å². The average Bonchev–Trinajstić information content (AvgIpc) is 2.91. The van der Waals surface area contributed by atoms with Crippen LogP contribution in [0.5, 0.6) is 11.5 Å². The molecular formula is C19H21NO4. The Bertz CT molecular complexity index is 775. The molecule has 2 bridgehead atoms. The van der Waals surface area contributed by atoms with E-state index in [9.17, 15) is 15.0 Å². The van der Waals surface area contributed by atoms with E-state index >= 15 is 0 Å². The van der Waals surface area contributed by atoms with E-state index in [1.54, 1.807) is 6.07 Å². The Morgan fingerprint density at radius 1 is 1.42 bits per heavy atom. The minimum atomic E-state index is -1.00. The Hall–Kier alpha value is -1.85. The number of Topliss-reactive ketones (excluding diaryl/α,β-unsaturated/α-hetero) is 1. The van der Waals surface area contributed by atoms with Gasteiger partial charge < -0.3 is 14.9 Å².